The average Bonchev–Trinajstić information content (AvgIpc) is 3.03. The molecule has 2 aliphatic rings. The van der Waals surface area contributed by atoms with E-state index in [1.165, 1.54) is 10.4 Å². The van der Waals surface area contributed by atoms with Crippen molar-refractivity contribution in [2.45, 2.75) is 31.9 Å². The minimum absolute atomic E-state index is 0.196. The van der Waals surface area contributed by atoms with Crippen molar-refractivity contribution in [3.63, 3.8) is 0 Å². The van der Waals surface area contributed by atoms with Crippen LogP contribution in [0.25, 0.3) is 0 Å². The van der Waals surface area contributed by atoms with Gasteiger partial charge >= 0.3 is 0 Å². The first-order chi connectivity index (χ1) is 9.22. The van der Waals surface area contributed by atoms with Crippen LogP contribution in [0.5, 0.6) is 0 Å². The van der Waals surface area contributed by atoms with Gasteiger partial charge in [0.25, 0.3) is 0 Å². The molecule has 19 heavy (non-hydrogen) atoms. The van der Waals surface area contributed by atoms with Crippen molar-refractivity contribution in [3.05, 3.63) is 21.9 Å². The first-order valence-corrected chi connectivity index (χ1v) is 7.84. The van der Waals surface area contributed by atoms with E-state index in [-0.39, 0.29) is 12.0 Å². The van der Waals surface area contributed by atoms with Crippen LogP contribution in [0.1, 0.15) is 23.3 Å². The van der Waals surface area contributed by atoms with E-state index >= 15 is 0 Å². The van der Waals surface area contributed by atoms with Crippen molar-refractivity contribution in [1.29, 1.82) is 0 Å². The number of β-amino-alcohol motifs (C(OH)–C–C–N with tert-alkyl or cyclic N) is 1. The minimum Gasteiger partial charge on any atom is -0.392 e. The molecule has 1 amide bonds. The fraction of sp³-hybridized carbons (Fsp3) is 0.643. The maximum Gasteiger partial charge on any atom is 0.224 e. The lowest BCUT2D eigenvalue weighted by Crippen LogP contribution is -2.37. The molecule has 3 rings (SSSR count). The van der Waals surface area contributed by atoms with Gasteiger partial charge < -0.3 is 14.9 Å². The van der Waals surface area contributed by atoms with Gasteiger partial charge in [0.2, 0.25) is 5.91 Å². The van der Waals surface area contributed by atoms with Gasteiger partial charge in [-0.2, -0.15) is 0 Å². The summed E-state index contributed by atoms with van der Waals surface area (Å²) in [7, 11) is 0. The van der Waals surface area contributed by atoms with E-state index in [0.29, 0.717) is 6.42 Å². The van der Waals surface area contributed by atoms with Crippen LogP contribution in [0, 0.1) is 0 Å². The standard InChI is InChI=1S/C14H20N2O2S/c17-12-1-5-15(10-12)6-3-14(18)16-7-2-13-11(9-16)4-8-19-13/h4,8,12,17H,1-3,5-7,9-10H2/t12-/m1/s1. The van der Waals surface area contributed by atoms with Crippen LogP contribution in [0.4, 0.5) is 0 Å². The third kappa shape index (κ3) is 2.99. The lowest BCUT2D eigenvalue weighted by molar-refractivity contribution is -0.132. The molecule has 4 nitrogen and oxygen atoms in total. The van der Waals surface area contributed by atoms with Gasteiger partial charge in [0.15, 0.2) is 0 Å². The molecule has 1 fully saturated rings. The summed E-state index contributed by atoms with van der Waals surface area (Å²) >= 11 is 1.80. The van der Waals surface area contributed by atoms with E-state index < -0.39 is 0 Å². The molecule has 1 atom stereocenters. The van der Waals surface area contributed by atoms with Crippen LogP contribution in [0.15, 0.2) is 11.4 Å². The first kappa shape index (κ1) is 13.1. The molecule has 0 spiro atoms. The Bertz CT molecular complexity index is 460. The first-order valence-electron chi connectivity index (χ1n) is 6.96. The van der Waals surface area contributed by atoms with Crippen LogP contribution in [-0.2, 0) is 17.8 Å². The Balaban J connectivity index is 1.49. The second kappa shape index (κ2) is 5.61. The molecule has 3 heterocycles. The average molecular weight is 280 g/mol. The van der Waals surface area contributed by atoms with Gasteiger partial charge in [0, 0.05) is 44.0 Å². The Morgan fingerprint density at radius 3 is 3.16 bits per heavy atom. The SMILES string of the molecule is O=C(CCN1CC[C@@H](O)C1)N1CCc2sccc2C1. The number of hydrogen-bond acceptors (Lipinski definition) is 4. The lowest BCUT2D eigenvalue weighted by Gasteiger charge is -2.27. The van der Waals surface area contributed by atoms with Crippen LogP contribution in [-0.4, -0.2) is 53.1 Å². The molecule has 1 aromatic rings. The molecule has 0 saturated carbocycles. The predicted octanol–water partition coefficient (Wildman–Crippen LogP) is 1.09. The van der Waals surface area contributed by atoms with E-state index in [4.69, 9.17) is 0 Å². The van der Waals surface area contributed by atoms with Crippen molar-refractivity contribution in [2.24, 2.45) is 0 Å². The van der Waals surface area contributed by atoms with E-state index in [0.717, 1.165) is 45.6 Å². The monoisotopic (exact) mass is 280 g/mol. The van der Waals surface area contributed by atoms with Gasteiger partial charge in [-0.1, -0.05) is 0 Å². The van der Waals surface area contributed by atoms with Crippen molar-refractivity contribution in [1.82, 2.24) is 9.80 Å². The zero-order valence-corrected chi connectivity index (χ0v) is 11.9. The highest BCUT2D eigenvalue weighted by Crippen LogP contribution is 2.24. The second-order valence-corrected chi connectivity index (χ2v) is 6.43. The molecule has 104 valence electrons. The highest BCUT2D eigenvalue weighted by atomic mass is 32.1. The Kier molecular flexibility index (Phi) is 3.86. The van der Waals surface area contributed by atoms with Gasteiger partial charge in [0.1, 0.15) is 0 Å². The number of fused-ring (bicyclic) bond motifs is 1. The smallest absolute Gasteiger partial charge is 0.224 e. The third-order valence-electron chi connectivity index (χ3n) is 4.05. The van der Waals surface area contributed by atoms with Crippen LogP contribution >= 0.6 is 11.3 Å². The topological polar surface area (TPSA) is 43.8 Å². The predicted molar refractivity (Wildman–Crippen MR) is 75.1 cm³/mol. The molecule has 0 aliphatic carbocycles. The van der Waals surface area contributed by atoms with E-state index in [9.17, 15) is 9.90 Å². The summed E-state index contributed by atoms with van der Waals surface area (Å²) in [5.74, 6) is 0.248. The number of thiophene rings is 1. The van der Waals surface area contributed by atoms with Crippen molar-refractivity contribution < 1.29 is 9.90 Å². The van der Waals surface area contributed by atoms with E-state index in [1.807, 2.05) is 4.90 Å². The minimum atomic E-state index is -0.196. The summed E-state index contributed by atoms with van der Waals surface area (Å²) in [5, 5.41) is 11.6. The Morgan fingerprint density at radius 1 is 1.47 bits per heavy atom. The van der Waals surface area contributed by atoms with Crippen molar-refractivity contribution in [2.75, 3.05) is 26.2 Å². The van der Waals surface area contributed by atoms with Gasteiger partial charge in [-0.05, 0) is 29.9 Å². The van der Waals surface area contributed by atoms with Gasteiger partial charge in [-0.25, -0.2) is 0 Å². The highest BCUT2D eigenvalue weighted by Gasteiger charge is 2.24. The number of amides is 1. The Morgan fingerprint density at radius 2 is 2.37 bits per heavy atom. The zero-order valence-electron chi connectivity index (χ0n) is 11.0. The number of likely N-dealkylation sites (tertiary alicyclic amines) is 1. The van der Waals surface area contributed by atoms with E-state index in [1.54, 1.807) is 11.3 Å². The molecular formula is C14H20N2O2S. The quantitative estimate of drug-likeness (QED) is 0.901. The molecule has 1 N–H and O–H groups in total. The van der Waals surface area contributed by atoms with Gasteiger partial charge in [-0.15, -0.1) is 11.3 Å². The maximum absolute atomic E-state index is 12.2. The summed E-state index contributed by atoms with van der Waals surface area (Å²) in [6, 6.07) is 2.14. The van der Waals surface area contributed by atoms with Crippen LogP contribution in [0.3, 0.4) is 0 Å². The molecule has 0 bridgehead atoms. The number of aliphatic hydroxyl groups is 1. The van der Waals surface area contributed by atoms with Crippen molar-refractivity contribution in [3.8, 4) is 0 Å². The Labute approximate surface area is 117 Å². The molecular weight excluding hydrogens is 260 g/mol. The van der Waals surface area contributed by atoms with Gasteiger partial charge in [0.05, 0.1) is 6.10 Å². The Hall–Kier alpha value is -0.910. The molecule has 5 heteroatoms. The number of rotatable bonds is 3. The van der Waals surface area contributed by atoms with Crippen molar-refractivity contribution >= 4 is 17.2 Å². The molecule has 1 saturated heterocycles. The summed E-state index contributed by atoms with van der Waals surface area (Å²) < 4.78 is 0. The summed E-state index contributed by atoms with van der Waals surface area (Å²) in [6.45, 7) is 4.06. The summed E-state index contributed by atoms with van der Waals surface area (Å²) in [4.78, 5) is 17.8. The zero-order chi connectivity index (χ0) is 13.2. The molecule has 1 aromatic heterocycles. The summed E-state index contributed by atoms with van der Waals surface area (Å²) in [5.41, 5.74) is 1.32. The molecule has 0 unspecified atom stereocenters. The highest BCUT2D eigenvalue weighted by molar-refractivity contribution is 7.10. The lowest BCUT2D eigenvalue weighted by atomic mass is 10.1. The number of hydrogen-bond donors (Lipinski definition) is 1. The van der Waals surface area contributed by atoms with Crippen LogP contribution < -0.4 is 0 Å². The third-order valence-corrected chi connectivity index (χ3v) is 5.07. The fourth-order valence-corrected chi connectivity index (χ4v) is 3.78. The molecule has 0 radical (unpaired) electrons. The molecule has 0 aromatic carbocycles. The van der Waals surface area contributed by atoms with E-state index in [2.05, 4.69) is 16.3 Å². The van der Waals surface area contributed by atoms with Gasteiger partial charge in [-0.3, -0.25) is 4.79 Å². The second-order valence-electron chi connectivity index (χ2n) is 5.43. The fourth-order valence-electron chi connectivity index (χ4n) is 2.89. The largest absolute Gasteiger partial charge is 0.392 e. The number of carbonyl (C=O) groups excluding carboxylic acids is 1. The number of aliphatic hydroxyl groups excluding tert-OH is 1. The van der Waals surface area contributed by atoms with Crippen LogP contribution in [0.2, 0.25) is 0 Å². The number of nitrogens with zero attached hydrogens (tertiary/aromatic N) is 2. The number of carbonyl (C=O) groups is 1. The summed E-state index contributed by atoms with van der Waals surface area (Å²) in [6.07, 6.45) is 2.22. The normalized spacial score (nSPS) is 23.6. The maximum atomic E-state index is 12.2. The molecule has 2 aliphatic heterocycles.